The van der Waals surface area contributed by atoms with E-state index in [0.29, 0.717) is 6.79 Å². The molecule has 0 unspecified atom stereocenters. The average Bonchev–Trinajstić information content (AvgIpc) is 3.05. The van der Waals surface area contributed by atoms with Crippen LogP contribution in [-0.4, -0.2) is 28.3 Å². The second kappa shape index (κ2) is 5.05. The Morgan fingerprint density at radius 1 is 1.28 bits per heavy atom. The van der Waals surface area contributed by atoms with Crippen molar-refractivity contribution in [1.82, 2.24) is 20.3 Å². The number of benzene rings is 1. The maximum Gasteiger partial charge on any atom is 0.231 e. The first-order valence-electron chi connectivity index (χ1n) is 5.85. The van der Waals surface area contributed by atoms with Gasteiger partial charge in [0, 0.05) is 19.3 Å². The van der Waals surface area contributed by atoms with Crippen LogP contribution in [0.5, 0.6) is 11.5 Å². The summed E-state index contributed by atoms with van der Waals surface area (Å²) in [6, 6.07) is 5.98. The number of hydrogen-bond donors (Lipinski definition) is 1. The first kappa shape index (κ1) is 11.0. The van der Waals surface area contributed by atoms with Gasteiger partial charge in [0.05, 0.1) is 12.7 Å². The zero-order chi connectivity index (χ0) is 12.2. The number of hydrogen-bond acceptors (Lipinski definition) is 5. The molecule has 0 atom stereocenters. The highest BCUT2D eigenvalue weighted by atomic mass is 16.7. The molecular weight excluding hydrogens is 232 g/mol. The smallest absolute Gasteiger partial charge is 0.231 e. The van der Waals surface area contributed by atoms with Gasteiger partial charge in [-0.2, -0.15) is 0 Å². The highest BCUT2D eigenvalue weighted by Crippen LogP contribution is 2.32. The van der Waals surface area contributed by atoms with Gasteiger partial charge in [0.1, 0.15) is 0 Å². The lowest BCUT2D eigenvalue weighted by Crippen LogP contribution is -2.19. The zero-order valence-electron chi connectivity index (χ0n) is 9.87. The van der Waals surface area contributed by atoms with Crippen molar-refractivity contribution >= 4 is 0 Å². The summed E-state index contributed by atoms with van der Waals surface area (Å²) in [7, 11) is 0. The van der Waals surface area contributed by atoms with Crippen LogP contribution in [0.1, 0.15) is 5.56 Å². The Bertz CT molecular complexity index is 513. The summed E-state index contributed by atoms with van der Waals surface area (Å²) in [5.41, 5.74) is 1.18. The van der Waals surface area contributed by atoms with Crippen LogP contribution in [0.3, 0.4) is 0 Å². The quantitative estimate of drug-likeness (QED) is 0.791. The standard InChI is InChI=1S/C12H14N4O2/c1-2-11-12(18-9-17-11)7-10(1)8-13-3-5-16-6-4-14-15-16/h1-2,4,6-7,13H,3,5,8-9H2. The molecule has 0 fully saturated rings. The summed E-state index contributed by atoms with van der Waals surface area (Å²) in [5, 5.41) is 11.0. The molecule has 0 bridgehead atoms. The Morgan fingerprint density at radius 3 is 3.11 bits per heavy atom. The van der Waals surface area contributed by atoms with Gasteiger partial charge < -0.3 is 14.8 Å². The molecule has 1 aliphatic heterocycles. The molecule has 0 amide bonds. The first-order valence-corrected chi connectivity index (χ1v) is 5.85. The molecule has 6 nitrogen and oxygen atoms in total. The Kier molecular flexibility index (Phi) is 3.10. The van der Waals surface area contributed by atoms with Crippen molar-refractivity contribution in [3.63, 3.8) is 0 Å². The van der Waals surface area contributed by atoms with E-state index in [1.807, 2.05) is 24.4 Å². The lowest BCUT2D eigenvalue weighted by atomic mass is 10.2. The molecule has 3 rings (SSSR count). The molecule has 0 aliphatic carbocycles. The molecule has 1 aliphatic rings. The molecule has 18 heavy (non-hydrogen) atoms. The number of ether oxygens (including phenoxy) is 2. The molecule has 0 radical (unpaired) electrons. The third kappa shape index (κ3) is 2.43. The fourth-order valence-electron chi connectivity index (χ4n) is 1.83. The summed E-state index contributed by atoms with van der Waals surface area (Å²) in [6.07, 6.45) is 3.53. The maximum absolute atomic E-state index is 5.33. The summed E-state index contributed by atoms with van der Waals surface area (Å²) in [5.74, 6) is 1.65. The van der Waals surface area contributed by atoms with Crippen molar-refractivity contribution in [2.24, 2.45) is 0 Å². The van der Waals surface area contributed by atoms with Gasteiger partial charge in [-0.1, -0.05) is 11.3 Å². The van der Waals surface area contributed by atoms with Crippen molar-refractivity contribution in [3.05, 3.63) is 36.2 Å². The van der Waals surface area contributed by atoms with E-state index in [2.05, 4.69) is 15.6 Å². The second-order valence-corrected chi connectivity index (χ2v) is 4.03. The number of aromatic nitrogens is 3. The molecule has 6 heteroatoms. The highest BCUT2D eigenvalue weighted by molar-refractivity contribution is 5.44. The van der Waals surface area contributed by atoms with E-state index in [1.54, 1.807) is 10.9 Å². The summed E-state index contributed by atoms with van der Waals surface area (Å²) < 4.78 is 12.4. The zero-order valence-corrected chi connectivity index (χ0v) is 9.87. The fraction of sp³-hybridized carbons (Fsp3) is 0.333. The molecule has 1 aromatic heterocycles. The number of rotatable bonds is 5. The van der Waals surface area contributed by atoms with Crippen molar-refractivity contribution in [3.8, 4) is 11.5 Å². The predicted molar refractivity (Wildman–Crippen MR) is 64.3 cm³/mol. The monoisotopic (exact) mass is 246 g/mol. The van der Waals surface area contributed by atoms with Gasteiger partial charge in [0.25, 0.3) is 0 Å². The van der Waals surface area contributed by atoms with E-state index < -0.39 is 0 Å². The lowest BCUT2D eigenvalue weighted by Gasteiger charge is -2.05. The molecule has 2 aromatic rings. The maximum atomic E-state index is 5.33. The largest absolute Gasteiger partial charge is 0.454 e. The van der Waals surface area contributed by atoms with Crippen LogP contribution in [-0.2, 0) is 13.1 Å². The van der Waals surface area contributed by atoms with Gasteiger partial charge in [-0.05, 0) is 17.7 Å². The van der Waals surface area contributed by atoms with Crippen LogP contribution in [0.25, 0.3) is 0 Å². The molecule has 1 aromatic carbocycles. The third-order valence-electron chi connectivity index (χ3n) is 2.76. The van der Waals surface area contributed by atoms with E-state index in [-0.39, 0.29) is 0 Å². The van der Waals surface area contributed by atoms with E-state index >= 15 is 0 Å². The van der Waals surface area contributed by atoms with Crippen LogP contribution in [0.15, 0.2) is 30.6 Å². The van der Waals surface area contributed by atoms with E-state index in [9.17, 15) is 0 Å². The number of nitrogens with one attached hydrogen (secondary N) is 1. The van der Waals surface area contributed by atoms with E-state index in [4.69, 9.17) is 9.47 Å². The van der Waals surface area contributed by atoms with Gasteiger partial charge in [-0.15, -0.1) is 5.10 Å². The molecule has 94 valence electrons. The Morgan fingerprint density at radius 2 is 2.22 bits per heavy atom. The summed E-state index contributed by atoms with van der Waals surface area (Å²) in [6.45, 7) is 2.77. The van der Waals surface area contributed by atoms with Crippen LogP contribution in [0.4, 0.5) is 0 Å². The first-order chi connectivity index (χ1) is 8.92. The van der Waals surface area contributed by atoms with E-state index in [1.165, 1.54) is 5.56 Å². The molecule has 1 N–H and O–H groups in total. The topological polar surface area (TPSA) is 61.2 Å². The molecule has 0 spiro atoms. The predicted octanol–water partition coefficient (Wildman–Crippen LogP) is 0.797. The van der Waals surface area contributed by atoms with Crippen LogP contribution in [0.2, 0.25) is 0 Å². The lowest BCUT2D eigenvalue weighted by molar-refractivity contribution is 0.174. The minimum absolute atomic E-state index is 0.318. The number of fused-ring (bicyclic) bond motifs is 1. The SMILES string of the molecule is c1cn(CCNCc2ccc3c(c2)OCO3)nn1. The van der Waals surface area contributed by atoms with Crippen molar-refractivity contribution in [1.29, 1.82) is 0 Å². The Hall–Kier alpha value is -2.08. The van der Waals surface area contributed by atoms with Gasteiger partial charge in [0.15, 0.2) is 11.5 Å². The molecular formula is C12H14N4O2. The average molecular weight is 246 g/mol. The molecule has 2 heterocycles. The molecule has 0 saturated carbocycles. The van der Waals surface area contributed by atoms with Crippen molar-refractivity contribution in [2.45, 2.75) is 13.1 Å². The van der Waals surface area contributed by atoms with Crippen LogP contribution in [0, 0.1) is 0 Å². The van der Waals surface area contributed by atoms with Gasteiger partial charge in [0.2, 0.25) is 6.79 Å². The van der Waals surface area contributed by atoms with Gasteiger partial charge in [-0.3, -0.25) is 4.68 Å². The van der Waals surface area contributed by atoms with Crippen LogP contribution >= 0.6 is 0 Å². The van der Waals surface area contributed by atoms with E-state index in [0.717, 1.165) is 31.1 Å². The fourth-order valence-corrected chi connectivity index (χ4v) is 1.83. The van der Waals surface area contributed by atoms with Crippen LogP contribution < -0.4 is 14.8 Å². The van der Waals surface area contributed by atoms with Gasteiger partial charge in [-0.25, -0.2) is 0 Å². The second-order valence-electron chi connectivity index (χ2n) is 4.03. The summed E-state index contributed by atoms with van der Waals surface area (Å²) >= 11 is 0. The molecule has 0 saturated heterocycles. The third-order valence-corrected chi connectivity index (χ3v) is 2.76. The van der Waals surface area contributed by atoms with Gasteiger partial charge >= 0.3 is 0 Å². The Balaban J connectivity index is 1.48. The minimum atomic E-state index is 0.318. The van der Waals surface area contributed by atoms with Crippen molar-refractivity contribution < 1.29 is 9.47 Å². The van der Waals surface area contributed by atoms with Crippen molar-refractivity contribution in [2.75, 3.05) is 13.3 Å². The number of nitrogens with zero attached hydrogens (tertiary/aromatic N) is 3. The Labute approximate surface area is 105 Å². The highest BCUT2D eigenvalue weighted by Gasteiger charge is 2.12. The minimum Gasteiger partial charge on any atom is -0.454 e. The summed E-state index contributed by atoms with van der Waals surface area (Å²) in [4.78, 5) is 0. The normalized spacial score (nSPS) is 12.9.